The summed E-state index contributed by atoms with van der Waals surface area (Å²) < 4.78 is 11.6. The van der Waals surface area contributed by atoms with E-state index in [2.05, 4.69) is 34.2 Å². The summed E-state index contributed by atoms with van der Waals surface area (Å²) in [5.41, 5.74) is 1.20. The lowest BCUT2D eigenvalue weighted by Gasteiger charge is -2.16. The van der Waals surface area contributed by atoms with Gasteiger partial charge < -0.3 is 14.8 Å². The first-order chi connectivity index (χ1) is 8.13. The van der Waals surface area contributed by atoms with Crippen LogP contribution < -0.4 is 14.8 Å². The average molecular weight is 302 g/mol. The van der Waals surface area contributed by atoms with Crippen LogP contribution in [0.1, 0.15) is 12.5 Å². The van der Waals surface area contributed by atoms with Crippen LogP contribution in [-0.4, -0.2) is 27.8 Å². The van der Waals surface area contributed by atoms with Crippen LogP contribution in [0.5, 0.6) is 11.5 Å². The highest BCUT2D eigenvalue weighted by molar-refractivity contribution is 9.10. The maximum Gasteiger partial charge on any atom is 0.140 e. The topological polar surface area (TPSA) is 30.5 Å². The summed E-state index contributed by atoms with van der Waals surface area (Å²) in [7, 11) is 5.31. The molecule has 1 unspecified atom stereocenters. The molecule has 0 fully saturated rings. The molecular weight excluding hydrogens is 282 g/mol. The van der Waals surface area contributed by atoms with Crippen LogP contribution in [-0.2, 0) is 6.42 Å². The highest BCUT2D eigenvalue weighted by atomic mass is 79.9. The molecule has 0 radical (unpaired) electrons. The van der Waals surface area contributed by atoms with E-state index in [-0.39, 0.29) is 0 Å². The second-order valence-corrected chi connectivity index (χ2v) is 4.93. The number of benzene rings is 1. The van der Waals surface area contributed by atoms with Crippen molar-refractivity contribution in [1.82, 2.24) is 5.32 Å². The SMILES string of the molecule is CNCC(C)Cc1ccc(OC)c(Br)c1OC. The largest absolute Gasteiger partial charge is 0.495 e. The monoisotopic (exact) mass is 301 g/mol. The number of hydrogen-bond donors (Lipinski definition) is 1. The van der Waals surface area contributed by atoms with E-state index in [0.29, 0.717) is 5.92 Å². The van der Waals surface area contributed by atoms with Crippen molar-refractivity contribution < 1.29 is 9.47 Å². The third-order valence-electron chi connectivity index (χ3n) is 2.69. The third kappa shape index (κ3) is 3.61. The molecule has 1 rings (SSSR count). The van der Waals surface area contributed by atoms with Gasteiger partial charge >= 0.3 is 0 Å². The molecule has 3 nitrogen and oxygen atoms in total. The maximum absolute atomic E-state index is 5.45. The first kappa shape index (κ1) is 14.3. The Balaban J connectivity index is 2.96. The van der Waals surface area contributed by atoms with Crippen molar-refractivity contribution in [1.29, 1.82) is 0 Å². The zero-order valence-corrected chi connectivity index (χ0v) is 12.4. The zero-order chi connectivity index (χ0) is 12.8. The summed E-state index contributed by atoms with van der Waals surface area (Å²) in [5.74, 6) is 2.23. The van der Waals surface area contributed by atoms with Gasteiger partial charge in [-0.25, -0.2) is 0 Å². The Morgan fingerprint density at radius 3 is 2.53 bits per heavy atom. The third-order valence-corrected chi connectivity index (χ3v) is 3.44. The summed E-state index contributed by atoms with van der Waals surface area (Å²) >= 11 is 3.52. The van der Waals surface area contributed by atoms with Gasteiger partial charge in [0.1, 0.15) is 16.0 Å². The number of ether oxygens (including phenoxy) is 2. The molecule has 0 aromatic heterocycles. The van der Waals surface area contributed by atoms with Crippen molar-refractivity contribution >= 4 is 15.9 Å². The number of rotatable bonds is 6. The van der Waals surface area contributed by atoms with E-state index < -0.39 is 0 Å². The minimum Gasteiger partial charge on any atom is -0.495 e. The van der Waals surface area contributed by atoms with Gasteiger partial charge in [-0.05, 0) is 53.5 Å². The lowest BCUT2D eigenvalue weighted by atomic mass is 10.00. The van der Waals surface area contributed by atoms with Crippen molar-refractivity contribution in [3.8, 4) is 11.5 Å². The molecule has 1 atom stereocenters. The normalized spacial score (nSPS) is 12.3. The van der Waals surface area contributed by atoms with Crippen LogP contribution >= 0.6 is 15.9 Å². The number of halogens is 1. The van der Waals surface area contributed by atoms with E-state index >= 15 is 0 Å². The van der Waals surface area contributed by atoms with E-state index in [1.807, 2.05) is 13.1 Å². The Kier molecular flexibility index (Phi) is 5.78. The van der Waals surface area contributed by atoms with E-state index in [9.17, 15) is 0 Å². The van der Waals surface area contributed by atoms with Crippen molar-refractivity contribution in [3.63, 3.8) is 0 Å². The van der Waals surface area contributed by atoms with Gasteiger partial charge in [0, 0.05) is 0 Å². The summed E-state index contributed by atoms with van der Waals surface area (Å²) in [6, 6.07) is 4.03. The van der Waals surface area contributed by atoms with Gasteiger partial charge in [0.2, 0.25) is 0 Å². The first-order valence-electron chi connectivity index (χ1n) is 5.68. The number of methoxy groups -OCH3 is 2. The molecule has 0 aliphatic heterocycles. The smallest absolute Gasteiger partial charge is 0.140 e. The van der Waals surface area contributed by atoms with E-state index in [0.717, 1.165) is 28.9 Å². The fourth-order valence-corrected chi connectivity index (χ4v) is 2.62. The van der Waals surface area contributed by atoms with Gasteiger partial charge in [0.25, 0.3) is 0 Å². The summed E-state index contributed by atoms with van der Waals surface area (Å²) in [6.45, 7) is 3.21. The van der Waals surface area contributed by atoms with Crippen molar-refractivity contribution in [2.45, 2.75) is 13.3 Å². The molecule has 0 bridgehead atoms. The molecule has 4 heteroatoms. The average Bonchev–Trinajstić information content (AvgIpc) is 2.30. The van der Waals surface area contributed by atoms with Crippen molar-refractivity contribution in [3.05, 3.63) is 22.2 Å². The van der Waals surface area contributed by atoms with Gasteiger partial charge in [-0.2, -0.15) is 0 Å². The molecule has 1 aromatic carbocycles. The van der Waals surface area contributed by atoms with Crippen LogP contribution in [0.3, 0.4) is 0 Å². The molecule has 0 aliphatic carbocycles. The van der Waals surface area contributed by atoms with E-state index in [1.165, 1.54) is 5.56 Å². The first-order valence-corrected chi connectivity index (χ1v) is 6.47. The molecule has 17 heavy (non-hydrogen) atoms. The van der Waals surface area contributed by atoms with Crippen LogP contribution in [0, 0.1) is 5.92 Å². The Morgan fingerprint density at radius 1 is 1.29 bits per heavy atom. The lowest BCUT2D eigenvalue weighted by Crippen LogP contribution is -2.18. The Hall–Kier alpha value is -0.740. The van der Waals surface area contributed by atoms with Crippen molar-refractivity contribution in [2.75, 3.05) is 27.8 Å². The van der Waals surface area contributed by atoms with Gasteiger partial charge in [-0.15, -0.1) is 0 Å². The van der Waals surface area contributed by atoms with Gasteiger partial charge in [0.05, 0.1) is 14.2 Å². The molecule has 96 valence electrons. The molecule has 0 saturated heterocycles. The van der Waals surface area contributed by atoms with E-state index in [4.69, 9.17) is 9.47 Å². The van der Waals surface area contributed by atoms with Gasteiger partial charge in [-0.3, -0.25) is 0 Å². The number of hydrogen-bond acceptors (Lipinski definition) is 3. The fraction of sp³-hybridized carbons (Fsp3) is 0.538. The van der Waals surface area contributed by atoms with Crippen LogP contribution in [0.4, 0.5) is 0 Å². The Labute approximate surface area is 112 Å². The summed E-state index contributed by atoms with van der Waals surface area (Å²) in [6.07, 6.45) is 0.979. The number of nitrogens with one attached hydrogen (secondary N) is 1. The summed E-state index contributed by atoms with van der Waals surface area (Å²) in [5, 5.41) is 3.19. The molecule has 1 aromatic rings. The molecule has 0 heterocycles. The van der Waals surface area contributed by atoms with Crippen LogP contribution in [0.15, 0.2) is 16.6 Å². The molecule has 0 amide bonds. The predicted molar refractivity (Wildman–Crippen MR) is 74.0 cm³/mol. The van der Waals surface area contributed by atoms with Gasteiger partial charge in [-0.1, -0.05) is 13.0 Å². The fourth-order valence-electron chi connectivity index (χ4n) is 1.91. The molecule has 1 N–H and O–H groups in total. The second-order valence-electron chi connectivity index (χ2n) is 4.14. The van der Waals surface area contributed by atoms with Crippen molar-refractivity contribution in [2.24, 2.45) is 5.92 Å². The standard InChI is InChI=1S/C13H20BrNO2/c1-9(8-15-2)7-10-5-6-11(16-3)12(14)13(10)17-4/h5-6,9,15H,7-8H2,1-4H3. The molecule has 0 spiro atoms. The highest BCUT2D eigenvalue weighted by Crippen LogP contribution is 2.37. The minimum atomic E-state index is 0.564. The lowest BCUT2D eigenvalue weighted by molar-refractivity contribution is 0.383. The minimum absolute atomic E-state index is 0.564. The maximum atomic E-state index is 5.45. The molecule has 0 saturated carbocycles. The molecular formula is C13H20BrNO2. The Bertz CT molecular complexity index is 369. The zero-order valence-electron chi connectivity index (χ0n) is 10.8. The second kappa shape index (κ2) is 6.87. The quantitative estimate of drug-likeness (QED) is 0.876. The molecule has 0 aliphatic rings. The predicted octanol–water partition coefficient (Wildman–Crippen LogP) is 2.86. The van der Waals surface area contributed by atoms with Crippen LogP contribution in [0.2, 0.25) is 0 Å². The Morgan fingerprint density at radius 2 is 2.00 bits per heavy atom. The van der Waals surface area contributed by atoms with Crippen LogP contribution in [0.25, 0.3) is 0 Å². The summed E-state index contributed by atoms with van der Waals surface area (Å²) in [4.78, 5) is 0. The highest BCUT2D eigenvalue weighted by Gasteiger charge is 2.14. The van der Waals surface area contributed by atoms with Gasteiger partial charge in [0.15, 0.2) is 0 Å². The van der Waals surface area contributed by atoms with E-state index in [1.54, 1.807) is 14.2 Å².